The van der Waals surface area contributed by atoms with Gasteiger partial charge in [0.25, 0.3) is 10.0 Å². The summed E-state index contributed by atoms with van der Waals surface area (Å²) >= 11 is 0. The van der Waals surface area contributed by atoms with Crippen molar-refractivity contribution in [3.8, 4) is 0 Å². The van der Waals surface area contributed by atoms with E-state index in [2.05, 4.69) is 14.7 Å². The number of nitrogens with one attached hydrogen (secondary N) is 2. The number of benzene rings is 2. The monoisotopic (exact) mass is 359 g/mol. The van der Waals surface area contributed by atoms with E-state index in [1.165, 1.54) is 18.6 Å². The number of aromatic amines is 1. The maximum atomic E-state index is 13.9. The average molecular weight is 359 g/mol. The Morgan fingerprint density at radius 1 is 1.20 bits per heavy atom. The third-order valence-electron chi connectivity index (χ3n) is 4.62. The molecule has 0 saturated heterocycles. The predicted octanol–water partition coefficient (Wildman–Crippen LogP) is 4.08. The summed E-state index contributed by atoms with van der Waals surface area (Å²) in [7, 11) is -4.00. The van der Waals surface area contributed by atoms with Crippen LogP contribution in [0.3, 0.4) is 0 Å². The Kier molecular flexibility index (Phi) is 3.76. The van der Waals surface area contributed by atoms with Crippen molar-refractivity contribution in [3.63, 3.8) is 0 Å². The summed E-state index contributed by atoms with van der Waals surface area (Å²) in [5, 5.41) is 0. The largest absolute Gasteiger partial charge is 0.342 e. The zero-order valence-corrected chi connectivity index (χ0v) is 14.5. The number of imidazole rings is 1. The molecule has 0 atom stereocenters. The van der Waals surface area contributed by atoms with Crippen LogP contribution < -0.4 is 4.72 Å². The van der Waals surface area contributed by atoms with Crippen molar-refractivity contribution in [2.45, 2.75) is 37.0 Å². The van der Waals surface area contributed by atoms with Crippen molar-refractivity contribution in [1.29, 1.82) is 0 Å². The van der Waals surface area contributed by atoms with E-state index in [1.807, 2.05) is 0 Å². The van der Waals surface area contributed by atoms with Crippen LogP contribution >= 0.6 is 0 Å². The predicted molar refractivity (Wildman–Crippen MR) is 94.6 cm³/mol. The Balaban J connectivity index is 1.66. The van der Waals surface area contributed by atoms with Crippen LogP contribution in [0.25, 0.3) is 11.0 Å². The molecule has 130 valence electrons. The molecule has 0 bridgehead atoms. The molecule has 2 aromatic carbocycles. The van der Waals surface area contributed by atoms with Gasteiger partial charge in [-0.15, -0.1) is 0 Å². The average Bonchev–Trinajstić information content (AvgIpc) is 2.89. The lowest BCUT2D eigenvalue weighted by Crippen LogP contribution is -2.14. The Morgan fingerprint density at radius 2 is 2.00 bits per heavy atom. The van der Waals surface area contributed by atoms with Gasteiger partial charge in [0.15, 0.2) is 0 Å². The van der Waals surface area contributed by atoms with Crippen molar-refractivity contribution in [2.75, 3.05) is 4.72 Å². The molecule has 0 radical (unpaired) electrons. The van der Waals surface area contributed by atoms with Gasteiger partial charge in [0.05, 0.1) is 16.7 Å². The molecule has 7 heteroatoms. The minimum Gasteiger partial charge on any atom is -0.342 e. The molecule has 1 aromatic heterocycles. The molecule has 1 heterocycles. The zero-order valence-electron chi connectivity index (χ0n) is 13.7. The first-order chi connectivity index (χ1) is 11.9. The van der Waals surface area contributed by atoms with E-state index in [9.17, 15) is 12.8 Å². The first-order valence-electron chi connectivity index (χ1n) is 8.21. The van der Waals surface area contributed by atoms with Gasteiger partial charge in [0.1, 0.15) is 16.5 Å². The fourth-order valence-electron chi connectivity index (χ4n) is 2.99. The van der Waals surface area contributed by atoms with Crippen molar-refractivity contribution in [1.82, 2.24) is 9.97 Å². The molecule has 0 spiro atoms. The van der Waals surface area contributed by atoms with Gasteiger partial charge >= 0.3 is 0 Å². The molecule has 4 rings (SSSR count). The summed E-state index contributed by atoms with van der Waals surface area (Å²) in [4.78, 5) is 7.47. The summed E-state index contributed by atoms with van der Waals surface area (Å²) in [5.41, 5.74) is 2.62. The third-order valence-corrected chi connectivity index (χ3v) is 6.02. The van der Waals surface area contributed by atoms with Crippen LogP contribution in [0.2, 0.25) is 0 Å². The summed E-state index contributed by atoms with van der Waals surface area (Å²) in [6.07, 6.45) is 3.48. The van der Waals surface area contributed by atoms with Crippen molar-refractivity contribution >= 4 is 26.7 Å². The number of anilines is 1. The van der Waals surface area contributed by atoms with Crippen LogP contribution in [0.5, 0.6) is 0 Å². The summed E-state index contributed by atoms with van der Waals surface area (Å²) in [6.45, 7) is 1.72. The van der Waals surface area contributed by atoms with Crippen molar-refractivity contribution in [3.05, 3.63) is 53.6 Å². The van der Waals surface area contributed by atoms with Crippen molar-refractivity contribution < 1.29 is 12.8 Å². The molecule has 1 fully saturated rings. The fraction of sp³-hybridized carbons (Fsp3) is 0.278. The standard InChI is InChI=1S/C18H18FN3O2S/c1-11-5-7-14(19)17(9-11)25(23,24)22-13-6-8-15-16(10-13)21-18(20-15)12-3-2-4-12/h5-10,12,22H,2-4H2,1H3,(H,20,21). The molecule has 1 aliphatic carbocycles. The minimum atomic E-state index is -4.00. The van der Waals surface area contributed by atoms with Gasteiger partial charge in [-0.05, 0) is 55.7 Å². The highest BCUT2D eigenvalue weighted by Gasteiger charge is 2.23. The minimum absolute atomic E-state index is 0.354. The van der Waals surface area contributed by atoms with Gasteiger partial charge in [-0.25, -0.2) is 17.8 Å². The second-order valence-electron chi connectivity index (χ2n) is 6.52. The van der Waals surface area contributed by atoms with Crippen LogP contribution in [0.4, 0.5) is 10.1 Å². The number of rotatable bonds is 4. The quantitative estimate of drug-likeness (QED) is 0.737. The number of sulfonamides is 1. The van der Waals surface area contributed by atoms with Crippen LogP contribution in [-0.4, -0.2) is 18.4 Å². The van der Waals surface area contributed by atoms with Gasteiger partial charge in [-0.1, -0.05) is 12.5 Å². The number of fused-ring (bicyclic) bond motifs is 1. The first kappa shape index (κ1) is 16.1. The fourth-order valence-corrected chi connectivity index (χ4v) is 4.21. The Morgan fingerprint density at radius 3 is 2.72 bits per heavy atom. The van der Waals surface area contributed by atoms with E-state index in [1.54, 1.807) is 25.1 Å². The van der Waals surface area contributed by atoms with Gasteiger partial charge in [-0.3, -0.25) is 4.72 Å². The molecule has 1 aliphatic rings. The normalized spacial score (nSPS) is 15.3. The number of nitrogens with zero attached hydrogens (tertiary/aromatic N) is 1. The summed E-state index contributed by atoms with van der Waals surface area (Å²) in [5.74, 6) is 0.646. The number of aromatic nitrogens is 2. The Bertz CT molecular complexity index is 1060. The smallest absolute Gasteiger partial charge is 0.264 e. The molecule has 2 N–H and O–H groups in total. The van der Waals surface area contributed by atoms with Crippen LogP contribution in [-0.2, 0) is 10.0 Å². The van der Waals surface area contributed by atoms with E-state index in [0.29, 0.717) is 17.2 Å². The topological polar surface area (TPSA) is 74.8 Å². The van der Waals surface area contributed by atoms with Gasteiger partial charge in [0, 0.05) is 5.92 Å². The summed E-state index contributed by atoms with van der Waals surface area (Å²) in [6, 6.07) is 9.11. The SMILES string of the molecule is Cc1ccc(F)c(S(=O)(=O)Nc2ccc3nc(C4CCC4)[nH]c3c2)c1. The van der Waals surface area contributed by atoms with E-state index in [-0.39, 0.29) is 4.90 Å². The maximum Gasteiger partial charge on any atom is 0.264 e. The number of hydrogen-bond acceptors (Lipinski definition) is 3. The molecule has 0 amide bonds. The molecule has 0 aliphatic heterocycles. The summed E-state index contributed by atoms with van der Waals surface area (Å²) < 4.78 is 41.4. The Hall–Kier alpha value is -2.41. The van der Waals surface area contributed by atoms with Crippen molar-refractivity contribution in [2.24, 2.45) is 0 Å². The lowest BCUT2D eigenvalue weighted by atomic mass is 9.85. The number of hydrogen-bond donors (Lipinski definition) is 2. The van der Waals surface area contributed by atoms with E-state index < -0.39 is 15.8 Å². The highest BCUT2D eigenvalue weighted by Crippen LogP contribution is 2.35. The van der Waals surface area contributed by atoms with Crippen LogP contribution in [0, 0.1) is 12.7 Å². The molecule has 5 nitrogen and oxygen atoms in total. The third kappa shape index (κ3) is 3.00. The molecule has 0 unspecified atom stereocenters. The van der Waals surface area contributed by atoms with E-state index >= 15 is 0 Å². The van der Waals surface area contributed by atoms with E-state index in [4.69, 9.17) is 0 Å². The van der Waals surface area contributed by atoms with Gasteiger partial charge in [-0.2, -0.15) is 0 Å². The Labute approximate surface area is 145 Å². The van der Waals surface area contributed by atoms with Gasteiger partial charge in [0.2, 0.25) is 0 Å². The molecule has 25 heavy (non-hydrogen) atoms. The molecular weight excluding hydrogens is 341 g/mol. The molecule has 1 saturated carbocycles. The van der Waals surface area contributed by atoms with E-state index in [0.717, 1.165) is 35.8 Å². The number of aryl methyl sites for hydroxylation is 1. The number of halogens is 1. The number of H-pyrrole nitrogens is 1. The van der Waals surface area contributed by atoms with Crippen LogP contribution in [0.15, 0.2) is 41.3 Å². The molecular formula is C18H18FN3O2S. The maximum absolute atomic E-state index is 13.9. The highest BCUT2D eigenvalue weighted by atomic mass is 32.2. The lowest BCUT2D eigenvalue weighted by Gasteiger charge is -2.22. The van der Waals surface area contributed by atoms with Gasteiger partial charge < -0.3 is 4.98 Å². The van der Waals surface area contributed by atoms with Crippen LogP contribution in [0.1, 0.15) is 36.6 Å². The second-order valence-corrected chi connectivity index (χ2v) is 8.17. The molecule has 3 aromatic rings. The first-order valence-corrected chi connectivity index (χ1v) is 9.69. The highest BCUT2D eigenvalue weighted by molar-refractivity contribution is 7.92. The lowest BCUT2D eigenvalue weighted by molar-refractivity contribution is 0.405. The zero-order chi connectivity index (χ0) is 17.6. The second kappa shape index (κ2) is 5.84.